The van der Waals surface area contributed by atoms with Crippen LogP contribution in [0.3, 0.4) is 0 Å². The first-order chi connectivity index (χ1) is 8.81. The third-order valence-electron chi connectivity index (χ3n) is 2.59. The number of nitrogens with two attached hydrogens (primary N) is 1. The van der Waals surface area contributed by atoms with Crippen LogP contribution in [0.5, 0.6) is 0 Å². The van der Waals surface area contributed by atoms with Gasteiger partial charge in [0.1, 0.15) is 5.52 Å². The van der Waals surface area contributed by atoms with Gasteiger partial charge in [-0.3, -0.25) is 0 Å². The zero-order valence-electron chi connectivity index (χ0n) is 9.63. The van der Waals surface area contributed by atoms with Crippen LogP contribution in [0, 0.1) is 0 Å². The number of nitrogens with zero attached hydrogens (tertiary/aromatic N) is 1. The van der Waals surface area contributed by atoms with E-state index in [0.29, 0.717) is 10.9 Å². The minimum absolute atomic E-state index is 0.714. The Morgan fingerprint density at radius 1 is 1.33 bits per heavy atom. The number of thioether (sulfide) groups is 1. The van der Waals surface area contributed by atoms with Gasteiger partial charge in [0, 0.05) is 11.4 Å². The first-order valence-electron chi connectivity index (χ1n) is 5.61. The van der Waals surface area contributed by atoms with Crippen molar-refractivity contribution < 1.29 is 4.42 Å². The molecule has 18 heavy (non-hydrogen) atoms. The van der Waals surface area contributed by atoms with Gasteiger partial charge in [0.2, 0.25) is 0 Å². The van der Waals surface area contributed by atoms with E-state index >= 15 is 0 Å². The summed E-state index contributed by atoms with van der Waals surface area (Å²) in [5.74, 6) is 0.971. The second-order valence-corrected chi connectivity index (χ2v) is 5.76. The third kappa shape index (κ3) is 2.52. The molecule has 3 rings (SSSR count). The molecule has 0 aliphatic rings. The van der Waals surface area contributed by atoms with Gasteiger partial charge in [-0.25, -0.2) is 4.98 Å². The van der Waals surface area contributed by atoms with Gasteiger partial charge in [0.05, 0.1) is 0 Å². The molecule has 0 spiro atoms. The molecule has 0 saturated carbocycles. The summed E-state index contributed by atoms with van der Waals surface area (Å²) in [7, 11) is 0. The average Bonchev–Trinajstić information content (AvgIpc) is 2.97. The Labute approximate surface area is 113 Å². The molecule has 0 bridgehead atoms. The maximum Gasteiger partial charge on any atom is 0.256 e. The molecule has 3 nitrogen and oxygen atoms in total. The first-order valence-corrected chi connectivity index (χ1v) is 7.54. The Kier molecular flexibility index (Phi) is 3.25. The van der Waals surface area contributed by atoms with Crippen LogP contribution in [-0.4, -0.2) is 10.7 Å². The Balaban J connectivity index is 1.67. The van der Waals surface area contributed by atoms with Crippen LogP contribution >= 0.6 is 23.1 Å². The molecule has 0 unspecified atom stereocenters. The molecule has 0 radical (unpaired) electrons. The van der Waals surface area contributed by atoms with Gasteiger partial charge in [0.15, 0.2) is 5.58 Å². The van der Waals surface area contributed by atoms with Gasteiger partial charge in [0.25, 0.3) is 5.22 Å². The van der Waals surface area contributed by atoms with Crippen LogP contribution in [0.25, 0.3) is 11.1 Å². The van der Waals surface area contributed by atoms with Crippen molar-refractivity contribution >= 4 is 39.9 Å². The van der Waals surface area contributed by atoms with Crippen LogP contribution in [0.2, 0.25) is 0 Å². The molecule has 2 aromatic heterocycles. The van der Waals surface area contributed by atoms with Crippen LogP contribution in [0.4, 0.5) is 5.69 Å². The van der Waals surface area contributed by atoms with Crippen molar-refractivity contribution in [1.29, 1.82) is 0 Å². The second kappa shape index (κ2) is 5.04. The smallest absolute Gasteiger partial charge is 0.256 e. The molecule has 3 aromatic rings. The molecule has 0 saturated heterocycles. The summed E-state index contributed by atoms with van der Waals surface area (Å²) in [6, 6.07) is 7.67. The molecule has 92 valence electrons. The maximum atomic E-state index is 5.71. The Morgan fingerprint density at radius 2 is 2.28 bits per heavy atom. The largest absolute Gasteiger partial charge is 0.431 e. The highest BCUT2D eigenvalue weighted by Gasteiger charge is 2.06. The molecule has 0 aliphatic heterocycles. The lowest BCUT2D eigenvalue weighted by Crippen LogP contribution is -1.85. The number of benzene rings is 1. The highest BCUT2D eigenvalue weighted by atomic mass is 32.2. The highest BCUT2D eigenvalue weighted by Crippen LogP contribution is 2.25. The zero-order valence-corrected chi connectivity index (χ0v) is 11.3. The van der Waals surface area contributed by atoms with E-state index in [1.165, 1.54) is 5.56 Å². The fraction of sp³-hybridized carbons (Fsp3) is 0.154. The lowest BCUT2D eigenvalue weighted by Gasteiger charge is -1.94. The van der Waals surface area contributed by atoms with Crippen LogP contribution in [0.1, 0.15) is 5.56 Å². The number of hydrogen-bond donors (Lipinski definition) is 1. The second-order valence-electron chi connectivity index (χ2n) is 3.94. The number of rotatable bonds is 4. The normalized spacial score (nSPS) is 11.1. The van der Waals surface area contributed by atoms with Crippen molar-refractivity contribution in [3.63, 3.8) is 0 Å². The van der Waals surface area contributed by atoms with Crippen LogP contribution < -0.4 is 5.73 Å². The van der Waals surface area contributed by atoms with Gasteiger partial charge in [-0.2, -0.15) is 11.3 Å². The summed E-state index contributed by atoms with van der Waals surface area (Å²) in [6.45, 7) is 0. The maximum absolute atomic E-state index is 5.71. The van der Waals surface area contributed by atoms with Crippen molar-refractivity contribution in [3.05, 3.63) is 40.6 Å². The number of oxazole rings is 1. The standard InChI is InChI=1S/C13H12N2OS2/c14-10-1-2-12-11(7-10)15-13(16-12)18-6-4-9-3-5-17-8-9/h1-3,5,7-8H,4,6,14H2. The lowest BCUT2D eigenvalue weighted by atomic mass is 10.3. The van der Waals surface area contributed by atoms with E-state index in [0.717, 1.165) is 23.3 Å². The minimum atomic E-state index is 0.714. The number of nitrogen functional groups attached to an aromatic ring is 1. The number of anilines is 1. The fourth-order valence-electron chi connectivity index (χ4n) is 1.68. The molecular formula is C13H12N2OS2. The van der Waals surface area contributed by atoms with Crippen LogP contribution in [0.15, 0.2) is 44.7 Å². The molecular weight excluding hydrogens is 264 g/mol. The molecule has 2 N–H and O–H groups in total. The molecule has 0 fully saturated rings. The molecule has 5 heteroatoms. The molecule has 0 amide bonds. The highest BCUT2D eigenvalue weighted by molar-refractivity contribution is 7.99. The number of hydrogen-bond acceptors (Lipinski definition) is 5. The van der Waals surface area contributed by atoms with E-state index in [1.807, 2.05) is 18.2 Å². The SMILES string of the molecule is Nc1ccc2oc(SCCc3ccsc3)nc2c1. The Morgan fingerprint density at radius 3 is 3.11 bits per heavy atom. The molecule has 0 aliphatic carbocycles. The third-order valence-corrected chi connectivity index (χ3v) is 4.15. The van der Waals surface area contributed by atoms with Gasteiger partial charge in [-0.1, -0.05) is 11.8 Å². The summed E-state index contributed by atoms with van der Waals surface area (Å²) in [4.78, 5) is 4.41. The fourth-order valence-corrected chi connectivity index (χ4v) is 3.20. The summed E-state index contributed by atoms with van der Waals surface area (Å²) in [5, 5.41) is 4.99. The van der Waals surface area contributed by atoms with E-state index in [4.69, 9.17) is 10.2 Å². The summed E-state index contributed by atoms with van der Waals surface area (Å²) < 4.78 is 5.64. The molecule has 0 atom stereocenters. The monoisotopic (exact) mass is 276 g/mol. The van der Waals surface area contributed by atoms with E-state index in [2.05, 4.69) is 21.8 Å². The van der Waals surface area contributed by atoms with E-state index in [1.54, 1.807) is 23.1 Å². The van der Waals surface area contributed by atoms with E-state index < -0.39 is 0 Å². The Hall–Kier alpha value is -1.46. The topological polar surface area (TPSA) is 52.0 Å². The zero-order chi connectivity index (χ0) is 12.4. The quantitative estimate of drug-likeness (QED) is 0.581. The number of aryl methyl sites for hydroxylation is 1. The average molecular weight is 276 g/mol. The van der Waals surface area contributed by atoms with Gasteiger partial charge in [-0.15, -0.1) is 0 Å². The predicted octanol–water partition coefficient (Wildman–Crippen LogP) is 3.81. The molecule has 2 heterocycles. The molecule has 1 aromatic carbocycles. The van der Waals surface area contributed by atoms with Gasteiger partial charge in [-0.05, 0) is 47.0 Å². The van der Waals surface area contributed by atoms with Crippen molar-refractivity contribution in [2.45, 2.75) is 11.6 Å². The number of aromatic nitrogens is 1. The van der Waals surface area contributed by atoms with Crippen molar-refractivity contribution in [3.8, 4) is 0 Å². The van der Waals surface area contributed by atoms with E-state index in [9.17, 15) is 0 Å². The number of thiophene rings is 1. The van der Waals surface area contributed by atoms with E-state index in [-0.39, 0.29) is 0 Å². The van der Waals surface area contributed by atoms with Gasteiger partial charge < -0.3 is 10.2 Å². The summed E-state index contributed by atoms with van der Waals surface area (Å²) >= 11 is 3.37. The number of fused-ring (bicyclic) bond motifs is 1. The van der Waals surface area contributed by atoms with Crippen LogP contribution in [-0.2, 0) is 6.42 Å². The van der Waals surface area contributed by atoms with Gasteiger partial charge >= 0.3 is 0 Å². The van der Waals surface area contributed by atoms with Crippen molar-refractivity contribution in [1.82, 2.24) is 4.98 Å². The summed E-state index contributed by atoms with van der Waals surface area (Å²) in [6.07, 6.45) is 1.04. The Bertz CT molecular complexity index is 646. The first kappa shape index (κ1) is 11.6. The summed E-state index contributed by atoms with van der Waals surface area (Å²) in [5.41, 5.74) is 9.41. The minimum Gasteiger partial charge on any atom is -0.431 e. The predicted molar refractivity (Wildman–Crippen MR) is 77.2 cm³/mol. The lowest BCUT2D eigenvalue weighted by molar-refractivity contribution is 0.489. The van der Waals surface area contributed by atoms with Crippen molar-refractivity contribution in [2.75, 3.05) is 11.5 Å². The van der Waals surface area contributed by atoms with Crippen molar-refractivity contribution in [2.24, 2.45) is 0 Å².